The van der Waals surface area contributed by atoms with Crippen molar-refractivity contribution in [1.82, 2.24) is 4.98 Å². The summed E-state index contributed by atoms with van der Waals surface area (Å²) in [5, 5.41) is 8.11. The maximum Gasteiger partial charge on any atom is 0.0803 e. The summed E-state index contributed by atoms with van der Waals surface area (Å²) in [5.41, 5.74) is 6.83. The van der Waals surface area contributed by atoms with Crippen LogP contribution in [0.1, 0.15) is 65.2 Å². The molecule has 0 saturated heterocycles. The van der Waals surface area contributed by atoms with Crippen LogP contribution in [-0.4, -0.2) is 4.98 Å². The molecule has 0 unspecified atom stereocenters. The minimum Gasteiger partial charge on any atom is -0.256 e. The highest BCUT2D eigenvalue weighted by Gasteiger charge is 2.27. The van der Waals surface area contributed by atoms with Gasteiger partial charge < -0.3 is 0 Å². The number of aromatic nitrogens is 1. The monoisotopic (exact) mass is 503 g/mol. The molecule has 0 aliphatic carbocycles. The van der Waals surface area contributed by atoms with Crippen LogP contribution in [0, 0.1) is 11.8 Å². The minimum atomic E-state index is 0.0695. The zero-order valence-electron chi connectivity index (χ0n) is 23.2. The molecule has 0 radical (unpaired) electrons. The molecule has 5 aromatic rings. The maximum atomic E-state index is 5.06. The Balaban J connectivity index is 1.70. The van der Waals surface area contributed by atoms with E-state index in [1.807, 2.05) is 18.0 Å². The van der Waals surface area contributed by atoms with E-state index in [1.165, 1.54) is 64.4 Å². The van der Waals surface area contributed by atoms with Gasteiger partial charge >= 0.3 is 0 Å². The zero-order valence-corrected chi connectivity index (χ0v) is 24.0. The van der Waals surface area contributed by atoms with Crippen molar-refractivity contribution < 1.29 is 0 Å². The SMILES string of the molecule is CC(C)Cc1ccc2c(CC(C)C)c3c(cc2c1)-c1nccc2c1c(cc1cccc(C(C)(C)C)c12)S3. The van der Waals surface area contributed by atoms with Crippen LogP contribution in [0.25, 0.3) is 43.6 Å². The summed E-state index contributed by atoms with van der Waals surface area (Å²) in [6.45, 7) is 16.2. The van der Waals surface area contributed by atoms with Gasteiger partial charge in [-0.1, -0.05) is 96.6 Å². The second-order valence-electron chi connectivity index (χ2n) is 12.7. The Bertz CT molecular complexity index is 1680. The summed E-state index contributed by atoms with van der Waals surface area (Å²) in [6.07, 6.45) is 4.21. The highest BCUT2D eigenvalue weighted by atomic mass is 32.2. The second-order valence-corrected chi connectivity index (χ2v) is 13.7. The first-order valence-electron chi connectivity index (χ1n) is 13.7. The van der Waals surface area contributed by atoms with Gasteiger partial charge in [-0.3, -0.25) is 4.98 Å². The molecule has 2 heterocycles. The lowest BCUT2D eigenvalue weighted by atomic mass is 9.82. The van der Waals surface area contributed by atoms with E-state index < -0.39 is 0 Å². The fraction of sp³-hybridized carbons (Fsp3) is 0.343. The number of pyridine rings is 1. The maximum absolute atomic E-state index is 5.06. The summed E-state index contributed by atoms with van der Waals surface area (Å²) in [4.78, 5) is 7.80. The number of rotatable bonds is 4. The van der Waals surface area contributed by atoms with Gasteiger partial charge in [0.2, 0.25) is 0 Å². The molecule has 0 N–H and O–H groups in total. The second kappa shape index (κ2) is 8.88. The van der Waals surface area contributed by atoms with Gasteiger partial charge in [-0.2, -0.15) is 0 Å². The van der Waals surface area contributed by atoms with Gasteiger partial charge in [-0.25, -0.2) is 0 Å². The smallest absolute Gasteiger partial charge is 0.0803 e. The van der Waals surface area contributed by atoms with E-state index >= 15 is 0 Å². The summed E-state index contributed by atoms with van der Waals surface area (Å²) >= 11 is 1.96. The average molecular weight is 504 g/mol. The van der Waals surface area contributed by atoms with Crippen molar-refractivity contribution in [2.24, 2.45) is 11.8 Å². The fourth-order valence-electron chi connectivity index (χ4n) is 6.16. The Morgan fingerprint density at radius 2 is 1.57 bits per heavy atom. The van der Waals surface area contributed by atoms with Crippen molar-refractivity contribution >= 4 is 44.1 Å². The molecule has 0 bridgehead atoms. The standard InChI is InChI=1S/C35H37NS/c1-20(2)15-22-11-12-25-24(17-22)18-28-33-32-26(13-14-36-33)31-23(9-8-10-29(31)35(5,6)7)19-30(32)37-34(28)27(25)16-21(3)4/h8-14,17-21H,15-16H2,1-7H3. The van der Waals surface area contributed by atoms with Crippen molar-refractivity contribution in [2.75, 3.05) is 0 Å². The van der Waals surface area contributed by atoms with Crippen LogP contribution in [0.3, 0.4) is 0 Å². The highest BCUT2D eigenvalue weighted by molar-refractivity contribution is 8.00. The van der Waals surface area contributed by atoms with Gasteiger partial charge in [0.15, 0.2) is 0 Å². The van der Waals surface area contributed by atoms with Gasteiger partial charge in [0, 0.05) is 26.9 Å². The van der Waals surface area contributed by atoms with Gasteiger partial charge in [0.1, 0.15) is 0 Å². The van der Waals surface area contributed by atoms with E-state index in [0.29, 0.717) is 11.8 Å². The van der Waals surface area contributed by atoms with E-state index in [1.54, 1.807) is 0 Å². The number of benzene rings is 4. The van der Waals surface area contributed by atoms with Crippen LogP contribution in [0.4, 0.5) is 0 Å². The van der Waals surface area contributed by atoms with E-state index in [-0.39, 0.29) is 5.41 Å². The molecule has 1 aliphatic heterocycles. The van der Waals surface area contributed by atoms with Crippen LogP contribution in [0.2, 0.25) is 0 Å². The topological polar surface area (TPSA) is 12.9 Å². The molecule has 0 atom stereocenters. The molecule has 37 heavy (non-hydrogen) atoms. The molecule has 0 amide bonds. The molecule has 6 rings (SSSR count). The number of nitrogens with zero attached hydrogens (tertiary/aromatic N) is 1. The zero-order chi connectivity index (χ0) is 26.1. The third-order valence-corrected chi connectivity index (χ3v) is 8.85. The molecule has 1 nitrogen and oxygen atoms in total. The highest BCUT2D eigenvalue weighted by Crippen LogP contribution is 2.52. The first kappa shape index (κ1) is 24.5. The lowest BCUT2D eigenvalue weighted by Crippen LogP contribution is -2.12. The molecule has 0 fully saturated rings. The van der Waals surface area contributed by atoms with Gasteiger partial charge in [-0.05, 0) is 91.9 Å². The number of hydrogen-bond acceptors (Lipinski definition) is 2. The Labute approximate surface area is 225 Å². The lowest BCUT2D eigenvalue weighted by molar-refractivity contribution is 0.596. The van der Waals surface area contributed by atoms with Gasteiger partial charge in [-0.15, -0.1) is 0 Å². The van der Waals surface area contributed by atoms with E-state index in [9.17, 15) is 0 Å². The molecular weight excluding hydrogens is 466 g/mol. The van der Waals surface area contributed by atoms with Crippen molar-refractivity contribution in [2.45, 2.75) is 76.5 Å². The molecule has 1 aliphatic rings. The van der Waals surface area contributed by atoms with E-state index in [2.05, 4.69) is 103 Å². The summed E-state index contributed by atoms with van der Waals surface area (Å²) in [6, 6.07) is 21.0. The first-order valence-corrected chi connectivity index (χ1v) is 14.5. The Morgan fingerprint density at radius 1 is 0.784 bits per heavy atom. The molecule has 188 valence electrons. The lowest BCUT2D eigenvalue weighted by Gasteiger charge is -2.27. The quantitative estimate of drug-likeness (QED) is 0.222. The molecule has 2 heteroatoms. The third kappa shape index (κ3) is 4.14. The normalized spacial score (nSPS) is 13.3. The summed E-state index contributed by atoms with van der Waals surface area (Å²) < 4.78 is 0. The number of hydrogen-bond donors (Lipinski definition) is 0. The van der Waals surface area contributed by atoms with E-state index in [4.69, 9.17) is 4.98 Å². The molecule has 0 spiro atoms. The largest absolute Gasteiger partial charge is 0.256 e. The van der Waals surface area contributed by atoms with Crippen molar-refractivity contribution in [1.29, 1.82) is 0 Å². The van der Waals surface area contributed by atoms with Crippen LogP contribution in [-0.2, 0) is 18.3 Å². The average Bonchev–Trinajstić information content (AvgIpc) is 2.83. The van der Waals surface area contributed by atoms with Crippen molar-refractivity contribution in [3.63, 3.8) is 0 Å². The van der Waals surface area contributed by atoms with Crippen LogP contribution in [0.5, 0.6) is 0 Å². The van der Waals surface area contributed by atoms with Crippen LogP contribution >= 0.6 is 11.8 Å². The molecular formula is C35H37NS. The van der Waals surface area contributed by atoms with Crippen LogP contribution in [0.15, 0.2) is 70.6 Å². The van der Waals surface area contributed by atoms with Crippen molar-refractivity contribution in [3.8, 4) is 11.3 Å². The predicted octanol–water partition coefficient (Wildman–Crippen LogP) is 10.4. The Hall–Kier alpha value is -2.84. The summed E-state index contributed by atoms with van der Waals surface area (Å²) in [5.74, 6) is 1.23. The summed E-state index contributed by atoms with van der Waals surface area (Å²) in [7, 11) is 0. The predicted molar refractivity (Wildman–Crippen MR) is 162 cm³/mol. The molecule has 0 saturated carbocycles. The Morgan fingerprint density at radius 3 is 2.30 bits per heavy atom. The Kier molecular flexibility index (Phi) is 5.88. The number of fused-ring (bicyclic) bond motifs is 5. The first-order chi connectivity index (χ1) is 17.6. The molecule has 4 aromatic carbocycles. The van der Waals surface area contributed by atoms with Crippen LogP contribution < -0.4 is 0 Å². The van der Waals surface area contributed by atoms with Gasteiger partial charge in [0.05, 0.1) is 5.69 Å². The van der Waals surface area contributed by atoms with Gasteiger partial charge in [0.25, 0.3) is 0 Å². The fourth-order valence-corrected chi connectivity index (χ4v) is 7.45. The van der Waals surface area contributed by atoms with Crippen molar-refractivity contribution in [3.05, 3.63) is 77.5 Å². The third-order valence-electron chi connectivity index (χ3n) is 7.64. The molecule has 1 aromatic heterocycles. The minimum absolute atomic E-state index is 0.0695. The van der Waals surface area contributed by atoms with E-state index in [0.717, 1.165) is 18.5 Å².